The van der Waals surface area contributed by atoms with Gasteiger partial charge in [-0.05, 0) is 125 Å². The van der Waals surface area contributed by atoms with Crippen LogP contribution in [0.15, 0.2) is 76.7 Å². The maximum absolute atomic E-state index is 14.0. The number of benzene rings is 2. The molecule has 0 spiro atoms. The van der Waals surface area contributed by atoms with E-state index in [1.165, 1.54) is 9.80 Å². The molecule has 10 heteroatoms. The van der Waals surface area contributed by atoms with Crippen molar-refractivity contribution in [3.8, 4) is 0 Å². The van der Waals surface area contributed by atoms with Crippen LogP contribution in [-0.2, 0) is 25.8 Å². The Morgan fingerprint density at radius 2 is 1.27 bits per heavy atom. The third kappa shape index (κ3) is 4.15. The Labute approximate surface area is 263 Å². The second-order valence-electron chi connectivity index (χ2n) is 11.0. The van der Waals surface area contributed by atoms with Crippen molar-refractivity contribution in [2.45, 2.75) is 25.4 Å². The lowest BCUT2D eigenvalue weighted by Crippen LogP contribution is -2.43. The molecular formula is C31H24I2N2O6. The number of nitrogens with zero attached hydrogens (tertiary/aromatic N) is 2. The van der Waals surface area contributed by atoms with Gasteiger partial charge in [-0.3, -0.25) is 29.0 Å². The zero-order chi connectivity index (χ0) is 28.6. The van der Waals surface area contributed by atoms with E-state index < -0.39 is 35.5 Å². The molecule has 0 bridgehead atoms. The highest BCUT2D eigenvalue weighted by Crippen LogP contribution is 2.58. The van der Waals surface area contributed by atoms with Gasteiger partial charge >= 0.3 is 0 Å². The number of hydrogen-bond donors (Lipinski definition) is 1. The lowest BCUT2D eigenvalue weighted by molar-refractivity contribution is -0.126. The van der Waals surface area contributed by atoms with Gasteiger partial charge in [0.05, 0.1) is 41.0 Å². The van der Waals surface area contributed by atoms with Crippen LogP contribution in [0.25, 0.3) is 0 Å². The lowest BCUT2D eigenvalue weighted by atomic mass is 9.58. The zero-order valence-electron chi connectivity index (χ0n) is 21.6. The molecule has 1 saturated carbocycles. The largest absolute Gasteiger partial charge is 0.463 e. The van der Waals surface area contributed by atoms with Gasteiger partial charge in [0.1, 0.15) is 18.1 Å². The number of furan rings is 1. The number of rotatable bonds is 4. The number of aliphatic hydroxyl groups is 1. The Bertz CT molecular complexity index is 1630. The highest BCUT2D eigenvalue weighted by molar-refractivity contribution is 14.1. The topological polar surface area (TPSA) is 108 Å². The van der Waals surface area contributed by atoms with E-state index in [0.29, 0.717) is 35.7 Å². The number of carbonyl (C=O) groups excluding carboxylic acids is 4. The predicted octanol–water partition coefficient (Wildman–Crippen LogP) is 5.03. The van der Waals surface area contributed by atoms with Crippen molar-refractivity contribution in [1.29, 1.82) is 0 Å². The van der Waals surface area contributed by atoms with E-state index in [1.54, 1.807) is 36.4 Å². The van der Waals surface area contributed by atoms with Crippen LogP contribution in [0, 0.1) is 36.7 Å². The smallest absolute Gasteiger partial charge is 0.238 e. The van der Waals surface area contributed by atoms with Crippen LogP contribution < -0.4 is 9.80 Å². The molecule has 41 heavy (non-hydrogen) atoms. The summed E-state index contributed by atoms with van der Waals surface area (Å²) in [5, 5.41) is 9.69. The fourth-order valence-corrected chi connectivity index (χ4v) is 7.96. The van der Waals surface area contributed by atoms with Gasteiger partial charge in [-0.15, -0.1) is 0 Å². The standard InChI is InChI=1S/C31H24I2N2O6/c32-15-1-5-17(6-2-15)34-28(37)21-11-10-20-22(25(21)30(34)39)13-23-27(26(20)24-12-9-19(14-36)41-24)31(40)35(29(23)38)18-7-3-16(33)4-8-18/h1-10,12,21-23,25-27,36H,11,13-14H2/t21-,22+,23+,25-,26+,27+/m0/s1. The van der Waals surface area contributed by atoms with Gasteiger partial charge in [-0.25, -0.2) is 0 Å². The van der Waals surface area contributed by atoms with E-state index in [0.717, 1.165) is 12.7 Å². The van der Waals surface area contributed by atoms with Crippen LogP contribution in [0.4, 0.5) is 11.4 Å². The number of imide groups is 2. The van der Waals surface area contributed by atoms with Crippen LogP contribution in [0.1, 0.15) is 30.3 Å². The Morgan fingerprint density at radius 1 is 0.707 bits per heavy atom. The minimum absolute atomic E-state index is 0.231. The second kappa shape index (κ2) is 10.2. The molecule has 4 aliphatic rings. The molecule has 7 rings (SSSR count). The molecule has 2 aliphatic carbocycles. The molecule has 1 N–H and O–H groups in total. The molecule has 6 atom stereocenters. The van der Waals surface area contributed by atoms with Gasteiger partial charge < -0.3 is 9.52 Å². The Morgan fingerprint density at radius 3 is 1.83 bits per heavy atom. The Kier molecular flexibility index (Phi) is 6.69. The van der Waals surface area contributed by atoms with Crippen LogP contribution in [0.2, 0.25) is 0 Å². The normalized spacial score (nSPS) is 29.0. The summed E-state index contributed by atoms with van der Waals surface area (Å²) in [5.41, 5.74) is 1.91. The quantitative estimate of drug-likeness (QED) is 0.227. The van der Waals surface area contributed by atoms with Crippen molar-refractivity contribution in [3.05, 3.63) is 91.0 Å². The SMILES string of the molecule is O=C1[C@H]2[C@H](CC=C3[C@H]2C[C@H]2C(=O)N(c4ccc(I)cc4)C(=O)[C@H]2[C@H]3c2ccc(CO)o2)C(=O)N1c1ccc(I)cc1. The number of carbonyl (C=O) groups is 4. The first-order valence-electron chi connectivity index (χ1n) is 13.4. The van der Waals surface area contributed by atoms with Crippen molar-refractivity contribution in [2.75, 3.05) is 9.80 Å². The Hall–Kier alpha value is -2.84. The van der Waals surface area contributed by atoms with Crippen molar-refractivity contribution < 1.29 is 28.7 Å². The summed E-state index contributed by atoms with van der Waals surface area (Å²) in [4.78, 5) is 58.2. The fourth-order valence-electron chi connectivity index (χ4n) is 7.24. The van der Waals surface area contributed by atoms with Gasteiger partial charge in [-0.2, -0.15) is 0 Å². The molecule has 2 saturated heterocycles. The van der Waals surface area contributed by atoms with Crippen molar-refractivity contribution in [3.63, 3.8) is 0 Å². The maximum atomic E-state index is 14.0. The molecule has 2 aromatic carbocycles. The van der Waals surface area contributed by atoms with Crippen LogP contribution >= 0.6 is 45.2 Å². The first-order chi connectivity index (χ1) is 19.8. The van der Waals surface area contributed by atoms with Gasteiger partial charge in [0, 0.05) is 7.14 Å². The van der Waals surface area contributed by atoms with E-state index in [1.807, 2.05) is 30.3 Å². The van der Waals surface area contributed by atoms with Gasteiger partial charge in [-0.1, -0.05) is 11.6 Å². The summed E-state index contributed by atoms with van der Waals surface area (Å²) < 4.78 is 7.97. The first kappa shape index (κ1) is 27.0. The third-order valence-corrected chi connectivity index (χ3v) is 10.4. The zero-order valence-corrected chi connectivity index (χ0v) is 25.9. The van der Waals surface area contributed by atoms with E-state index in [9.17, 15) is 24.3 Å². The molecule has 0 unspecified atom stereocenters. The van der Waals surface area contributed by atoms with Crippen LogP contribution in [0.3, 0.4) is 0 Å². The molecular weight excluding hydrogens is 750 g/mol. The van der Waals surface area contributed by atoms with Gasteiger partial charge in [0.25, 0.3) is 0 Å². The number of allylic oxidation sites excluding steroid dienone is 2. The average Bonchev–Trinajstić information content (AvgIpc) is 3.62. The highest BCUT2D eigenvalue weighted by Gasteiger charge is 2.62. The van der Waals surface area contributed by atoms with E-state index >= 15 is 0 Å². The molecule has 4 amide bonds. The van der Waals surface area contributed by atoms with E-state index in [2.05, 4.69) is 45.2 Å². The molecule has 3 heterocycles. The summed E-state index contributed by atoms with van der Waals surface area (Å²) in [6.45, 7) is -0.298. The molecule has 208 valence electrons. The summed E-state index contributed by atoms with van der Waals surface area (Å²) in [7, 11) is 0. The molecule has 2 aliphatic heterocycles. The third-order valence-electron chi connectivity index (χ3n) is 8.96. The molecule has 0 radical (unpaired) electrons. The van der Waals surface area contributed by atoms with Crippen LogP contribution in [0.5, 0.6) is 0 Å². The Balaban J connectivity index is 1.32. The van der Waals surface area contributed by atoms with Gasteiger partial charge in [0.15, 0.2) is 0 Å². The van der Waals surface area contributed by atoms with Crippen LogP contribution in [-0.4, -0.2) is 28.7 Å². The summed E-state index contributed by atoms with van der Waals surface area (Å²) in [6.07, 6.45) is 2.65. The first-order valence-corrected chi connectivity index (χ1v) is 15.6. The monoisotopic (exact) mass is 774 g/mol. The predicted molar refractivity (Wildman–Crippen MR) is 165 cm³/mol. The average molecular weight is 774 g/mol. The summed E-state index contributed by atoms with van der Waals surface area (Å²) in [6, 6.07) is 17.9. The van der Waals surface area contributed by atoms with E-state index in [-0.39, 0.29) is 30.2 Å². The van der Waals surface area contributed by atoms with Gasteiger partial charge in [0.2, 0.25) is 23.6 Å². The lowest BCUT2D eigenvalue weighted by Gasteiger charge is -2.43. The number of fused-ring (bicyclic) bond motifs is 4. The summed E-state index contributed by atoms with van der Waals surface area (Å²) in [5.74, 6) is -3.79. The number of aliphatic hydroxyl groups excluding tert-OH is 1. The number of halogens is 2. The minimum atomic E-state index is -0.710. The number of amides is 4. The van der Waals surface area contributed by atoms with Crippen molar-refractivity contribution in [2.24, 2.45) is 29.6 Å². The number of anilines is 2. The van der Waals surface area contributed by atoms with Crippen molar-refractivity contribution >= 4 is 80.2 Å². The highest BCUT2D eigenvalue weighted by atomic mass is 127. The second-order valence-corrected chi connectivity index (χ2v) is 13.5. The molecule has 3 fully saturated rings. The summed E-state index contributed by atoms with van der Waals surface area (Å²) >= 11 is 4.35. The van der Waals surface area contributed by atoms with Crippen molar-refractivity contribution in [1.82, 2.24) is 0 Å². The minimum Gasteiger partial charge on any atom is -0.463 e. The maximum Gasteiger partial charge on any atom is 0.238 e. The van der Waals surface area contributed by atoms with E-state index in [4.69, 9.17) is 4.42 Å². The fraction of sp³-hybridized carbons (Fsp3) is 0.290. The molecule has 1 aromatic heterocycles. The number of hydrogen-bond acceptors (Lipinski definition) is 6. The molecule has 8 nitrogen and oxygen atoms in total. The molecule has 3 aromatic rings.